The molecule has 2 aromatic carbocycles. The van der Waals surface area contributed by atoms with Crippen molar-refractivity contribution < 1.29 is 14.6 Å². The van der Waals surface area contributed by atoms with Crippen molar-refractivity contribution in [3.05, 3.63) is 71.8 Å². The van der Waals surface area contributed by atoms with Crippen molar-refractivity contribution in [1.82, 2.24) is 5.32 Å². The molecule has 0 unspecified atom stereocenters. The summed E-state index contributed by atoms with van der Waals surface area (Å²) in [4.78, 5) is 16.4. The molecule has 0 fully saturated rings. The summed E-state index contributed by atoms with van der Waals surface area (Å²) in [5, 5.41) is 13.9. The molecule has 1 heterocycles. The number of carbonyl (C=O) groups is 1. The Balaban J connectivity index is 1.96. The van der Waals surface area contributed by atoms with Crippen molar-refractivity contribution in [3.8, 4) is 0 Å². The second-order valence-corrected chi connectivity index (χ2v) is 6.33. The first-order chi connectivity index (χ1) is 11.6. The number of aliphatic imine (C=N–C) groups is 1. The third-order valence-corrected chi connectivity index (χ3v) is 4.84. The molecule has 0 saturated heterocycles. The maximum Gasteiger partial charge on any atom is 0.408 e. The Hall–Kier alpha value is -2.31. The molecule has 0 aromatic heterocycles. The molecule has 124 valence electrons. The van der Waals surface area contributed by atoms with Gasteiger partial charge in [-0.15, -0.1) is 0 Å². The number of thioether (sulfide) groups is 1. The minimum Gasteiger partial charge on any atom is -0.450 e. The maximum absolute atomic E-state index is 11.9. The first-order valence-electron chi connectivity index (χ1n) is 7.66. The average Bonchev–Trinajstić information content (AvgIpc) is 2.95. The molecule has 0 saturated carbocycles. The molecule has 2 aromatic rings. The van der Waals surface area contributed by atoms with Gasteiger partial charge >= 0.3 is 6.09 Å². The van der Waals surface area contributed by atoms with Crippen molar-refractivity contribution >= 4 is 22.9 Å². The fraction of sp³-hybridized carbons (Fsp3) is 0.222. The quantitative estimate of drug-likeness (QED) is 0.896. The van der Waals surface area contributed by atoms with Gasteiger partial charge in [0.25, 0.3) is 0 Å². The SMILES string of the molecule is CCOC(=O)N[C@H]1SC(c2ccccc2)=N[C@@]1(O)c1ccccc1. The lowest BCUT2D eigenvalue weighted by Crippen LogP contribution is -2.45. The molecule has 6 heteroatoms. The number of aliphatic hydroxyl groups is 1. The molecule has 2 N–H and O–H groups in total. The molecule has 1 amide bonds. The van der Waals surface area contributed by atoms with E-state index in [9.17, 15) is 9.90 Å². The summed E-state index contributed by atoms with van der Waals surface area (Å²) >= 11 is 1.31. The van der Waals surface area contributed by atoms with Gasteiger partial charge in [-0.2, -0.15) is 0 Å². The Labute approximate surface area is 144 Å². The van der Waals surface area contributed by atoms with Gasteiger partial charge in [-0.05, 0) is 6.92 Å². The number of hydrogen-bond donors (Lipinski definition) is 2. The van der Waals surface area contributed by atoms with Crippen LogP contribution in [0, 0.1) is 0 Å². The van der Waals surface area contributed by atoms with Gasteiger partial charge in [-0.3, -0.25) is 0 Å². The number of benzene rings is 2. The van der Waals surface area contributed by atoms with Crippen LogP contribution in [-0.2, 0) is 10.5 Å². The van der Waals surface area contributed by atoms with E-state index in [2.05, 4.69) is 10.3 Å². The van der Waals surface area contributed by atoms with E-state index in [4.69, 9.17) is 4.74 Å². The highest BCUT2D eigenvalue weighted by Crippen LogP contribution is 2.41. The van der Waals surface area contributed by atoms with E-state index in [0.717, 1.165) is 5.56 Å². The van der Waals surface area contributed by atoms with Crippen molar-refractivity contribution in [1.29, 1.82) is 0 Å². The van der Waals surface area contributed by atoms with Crippen LogP contribution in [0.1, 0.15) is 18.1 Å². The normalized spacial score (nSPS) is 22.8. The van der Waals surface area contributed by atoms with Gasteiger partial charge in [0.05, 0.1) is 6.61 Å². The van der Waals surface area contributed by atoms with Crippen molar-refractivity contribution in [3.63, 3.8) is 0 Å². The minimum atomic E-state index is -1.55. The Bertz CT molecular complexity index is 736. The number of alkyl carbamates (subject to hydrolysis) is 1. The first-order valence-corrected chi connectivity index (χ1v) is 8.54. The number of amides is 1. The van der Waals surface area contributed by atoms with Gasteiger partial charge in [0, 0.05) is 11.1 Å². The lowest BCUT2D eigenvalue weighted by atomic mass is 10.0. The summed E-state index contributed by atoms with van der Waals surface area (Å²) in [6.45, 7) is 2.00. The molecule has 3 rings (SSSR count). The number of carbonyl (C=O) groups excluding carboxylic acids is 1. The molecule has 0 spiro atoms. The molecule has 5 nitrogen and oxygen atoms in total. The highest BCUT2D eigenvalue weighted by Gasteiger charge is 2.46. The Morgan fingerprint density at radius 3 is 2.46 bits per heavy atom. The highest BCUT2D eigenvalue weighted by atomic mass is 32.2. The number of rotatable bonds is 4. The van der Waals surface area contributed by atoms with E-state index in [-0.39, 0.29) is 6.61 Å². The van der Waals surface area contributed by atoms with Crippen LogP contribution in [0.3, 0.4) is 0 Å². The van der Waals surface area contributed by atoms with Gasteiger partial charge in [-0.1, -0.05) is 72.4 Å². The number of hydrogen-bond acceptors (Lipinski definition) is 5. The Morgan fingerprint density at radius 2 is 1.83 bits per heavy atom. The molecule has 0 aliphatic carbocycles. The third-order valence-electron chi connectivity index (χ3n) is 3.61. The highest BCUT2D eigenvalue weighted by molar-refractivity contribution is 8.15. The molecule has 24 heavy (non-hydrogen) atoms. The van der Waals surface area contributed by atoms with Gasteiger partial charge in [0.15, 0.2) is 0 Å². The van der Waals surface area contributed by atoms with E-state index in [1.54, 1.807) is 19.1 Å². The zero-order chi connectivity index (χ0) is 17.0. The summed E-state index contributed by atoms with van der Waals surface area (Å²) in [6.07, 6.45) is -0.575. The number of nitrogens with one attached hydrogen (secondary N) is 1. The van der Waals surface area contributed by atoms with Crippen LogP contribution in [0.25, 0.3) is 0 Å². The van der Waals surface area contributed by atoms with Crippen LogP contribution in [0.2, 0.25) is 0 Å². The molecule has 1 aliphatic rings. The van der Waals surface area contributed by atoms with Crippen LogP contribution < -0.4 is 5.32 Å². The maximum atomic E-state index is 11.9. The van der Waals surface area contributed by atoms with Crippen LogP contribution in [0.4, 0.5) is 4.79 Å². The summed E-state index contributed by atoms with van der Waals surface area (Å²) < 4.78 is 4.95. The predicted octanol–water partition coefficient (Wildman–Crippen LogP) is 3.10. The summed E-state index contributed by atoms with van der Waals surface area (Å²) in [5.74, 6) is 0. The van der Waals surface area contributed by atoms with Crippen LogP contribution >= 0.6 is 11.8 Å². The zero-order valence-corrected chi connectivity index (χ0v) is 14.0. The van der Waals surface area contributed by atoms with E-state index >= 15 is 0 Å². The molecule has 0 bridgehead atoms. The lowest BCUT2D eigenvalue weighted by Gasteiger charge is -2.27. The Kier molecular flexibility index (Phi) is 4.87. The fourth-order valence-electron chi connectivity index (χ4n) is 2.46. The first kappa shape index (κ1) is 16.5. The minimum absolute atomic E-state index is 0.263. The van der Waals surface area contributed by atoms with Crippen LogP contribution in [-0.4, -0.2) is 28.2 Å². The third kappa shape index (κ3) is 3.29. The fourth-order valence-corrected chi connectivity index (χ4v) is 3.65. The van der Waals surface area contributed by atoms with Crippen molar-refractivity contribution in [2.45, 2.75) is 18.0 Å². The van der Waals surface area contributed by atoms with E-state index in [0.29, 0.717) is 10.6 Å². The van der Waals surface area contributed by atoms with Gasteiger partial charge < -0.3 is 15.2 Å². The number of nitrogens with zero attached hydrogens (tertiary/aromatic N) is 1. The molecule has 1 aliphatic heterocycles. The predicted molar refractivity (Wildman–Crippen MR) is 94.9 cm³/mol. The van der Waals surface area contributed by atoms with Gasteiger partial charge in [0.1, 0.15) is 10.4 Å². The standard InChI is InChI=1S/C18H18N2O3S/c1-2-23-17(21)19-16-18(22,14-11-7-4-8-12-14)20-15(24-16)13-9-5-3-6-10-13/h3-12,16,22H,2H2,1H3,(H,19,21)/t16-,18+/m0/s1. The van der Waals surface area contributed by atoms with Crippen molar-refractivity contribution in [2.24, 2.45) is 4.99 Å². The lowest BCUT2D eigenvalue weighted by molar-refractivity contribution is 0.0361. The monoisotopic (exact) mass is 342 g/mol. The second-order valence-electron chi connectivity index (χ2n) is 5.24. The molecular formula is C18H18N2O3S. The van der Waals surface area contributed by atoms with E-state index in [1.165, 1.54) is 11.8 Å². The summed E-state index contributed by atoms with van der Waals surface area (Å²) in [5.41, 5.74) is -0.0422. The second kappa shape index (κ2) is 7.07. The Morgan fingerprint density at radius 1 is 1.21 bits per heavy atom. The topological polar surface area (TPSA) is 70.9 Å². The summed E-state index contributed by atoms with van der Waals surface area (Å²) in [6, 6.07) is 18.7. The van der Waals surface area contributed by atoms with E-state index < -0.39 is 17.2 Å². The molecule has 2 atom stereocenters. The van der Waals surface area contributed by atoms with Crippen molar-refractivity contribution in [2.75, 3.05) is 6.61 Å². The number of ether oxygens (including phenoxy) is 1. The molecule has 0 radical (unpaired) electrons. The van der Waals surface area contributed by atoms with E-state index in [1.807, 2.05) is 48.5 Å². The van der Waals surface area contributed by atoms with Gasteiger partial charge in [-0.25, -0.2) is 9.79 Å². The average molecular weight is 342 g/mol. The van der Waals surface area contributed by atoms with Gasteiger partial charge in [0.2, 0.25) is 5.72 Å². The molecular weight excluding hydrogens is 324 g/mol. The zero-order valence-electron chi connectivity index (χ0n) is 13.2. The largest absolute Gasteiger partial charge is 0.450 e. The summed E-state index contributed by atoms with van der Waals surface area (Å²) in [7, 11) is 0. The van der Waals surface area contributed by atoms with Crippen LogP contribution in [0.15, 0.2) is 65.7 Å². The smallest absolute Gasteiger partial charge is 0.408 e. The van der Waals surface area contributed by atoms with Crippen LogP contribution in [0.5, 0.6) is 0 Å².